The molecule has 2 N–H and O–H groups in total. The molecule has 2 saturated heterocycles. The van der Waals surface area contributed by atoms with E-state index in [-0.39, 0.29) is 18.0 Å². The van der Waals surface area contributed by atoms with E-state index in [0.717, 1.165) is 19.4 Å². The first kappa shape index (κ1) is 22.3. The molecule has 2 amide bonds. The molecule has 0 spiro atoms. The van der Waals surface area contributed by atoms with E-state index in [1.165, 1.54) is 17.3 Å². The predicted molar refractivity (Wildman–Crippen MR) is 120 cm³/mol. The Kier molecular flexibility index (Phi) is 5.70. The molecule has 0 aliphatic carbocycles. The molecule has 5 rings (SSSR count). The summed E-state index contributed by atoms with van der Waals surface area (Å²) in [5.41, 5.74) is 0.647. The van der Waals surface area contributed by atoms with Crippen LogP contribution in [0.4, 0.5) is 22.1 Å². The van der Waals surface area contributed by atoms with Gasteiger partial charge in [0.05, 0.1) is 30.7 Å². The molecular weight excluding hydrogens is 444 g/mol. The minimum absolute atomic E-state index is 0.127. The summed E-state index contributed by atoms with van der Waals surface area (Å²) in [7, 11) is 0. The van der Waals surface area contributed by atoms with Gasteiger partial charge in [-0.1, -0.05) is 0 Å². The van der Waals surface area contributed by atoms with E-state index < -0.39 is 17.8 Å². The number of carbonyl (C=O) groups is 2. The fourth-order valence-electron chi connectivity index (χ4n) is 4.43. The van der Waals surface area contributed by atoms with E-state index in [9.17, 15) is 14.7 Å². The highest BCUT2D eigenvalue weighted by atomic mass is 16.7. The molecule has 2 bridgehead atoms. The lowest BCUT2D eigenvalue weighted by molar-refractivity contribution is -0.141. The van der Waals surface area contributed by atoms with Gasteiger partial charge in [-0.15, -0.1) is 0 Å². The molecule has 2 fully saturated rings. The Morgan fingerprint density at radius 1 is 1.29 bits per heavy atom. The van der Waals surface area contributed by atoms with Crippen molar-refractivity contribution in [3.63, 3.8) is 0 Å². The van der Waals surface area contributed by atoms with E-state index in [4.69, 9.17) is 14.2 Å². The molecule has 0 aromatic carbocycles. The normalized spacial score (nSPS) is 22.8. The van der Waals surface area contributed by atoms with Crippen LogP contribution in [0.3, 0.4) is 0 Å². The smallest absolute Gasteiger partial charge is 0.374 e. The molecule has 0 radical (unpaired) electrons. The molecule has 0 saturated carbocycles. The number of urea groups is 1. The van der Waals surface area contributed by atoms with Gasteiger partial charge >= 0.3 is 12.0 Å². The molecule has 2 atom stereocenters. The van der Waals surface area contributed by atoms with Gasteiger partial charge in [0, 0.05) is 13.1 Å². The zero-order chi connectivity index (χ0) is 23.9. The first-order chi connectivity index (χ1) is 16.3. The van der Waals surface area contributed by atoms with Crippen LogP contribution in [-0.2, 0) is 9.47 Å². The summed E-state index contributed by atoms with van der Waals surface area (Å²) in [4.78, 5) is 40.6. The second-order valence-corrected chi connectivity index (χ2v) is 8.89. The van der Waals surface area contributed by atoms with Crippen LogP contribution in [0.15, 0.2) is 24.5 Å². The predicted octanol–water partition coefficient (Wildman–Crippen LogP) is 2.12. The molecule has 0 unspecified atom stereocenters. The van der Waals surface area contributed by atoms with E-state index in [0.29, 0.717) is 42.8 Å². The second kappa shape index (κ2) is 8.69. The first-order valence-corrected chi connectivity index (χ1v) is 11.2. The van der Waals surface area contributed by atoms with Gasteiger partial charge < -0.3 is 24.2 Å². The van der Waals surface area contributed by atoms with E-state index >= 15 is 0 Å². The number of hydrogen-bond acceptors (Lipinski definition) is 9. The standard InChI is InChI=1S/C22H26N6O6/c1-22(2)33-12-15(34-22)11-32-14-5-6-17(23-8-14)25-21(31)28-13-4-3-7-27(10-13)16-9-24-18(20(29)30)26-19(16)28/h5-6,8-9,13,15H,3-4,7,10-12H2,1-2H3,(H,29,30)(H,23,25,31)/t13-,15+/m0/s1. The quantitative estimate of drug-likeness (QED) is 0.668. The average Bonchev–Trinajstić information content (AvgIpc) is 3.17. The molecule has 3 aliphatic heterocycles. The van der Waals surface area contributed by atoms with Crippen LogP contribution in [0.2, 0.25) is 0 Å². The monoisotopic (exact) mass is 470 g/mol. The van der Waals surface area contributed by atoms with E-state index in [2.05, 4.69) is 25.2 Å². The number of amides is 2. The van der Waals surface area contributed by atoms with E-state index in [1.54, 1.807) is 12.1 Å². The van der Waals surface area contributed by atoms with Crippen LogP contribution >= 0.6 is 0 Å². The number of carboxylic acids is 1. The number of carboxylic acid groups (broad SMARTS) is 1. The van der Waals surface area contributed by atoms with Crippen molar-refractivity contribution in [3.05, 3.63) is 30.4 Å². The Labute approximate surface area is 195 Å². The van der Waals surface area contributed by atoms with Crippen LogP contribution in [0.25, 0.3) is 0 Å². The summed E-state index contributed by atoms with van der Waals surface area (Å²) in [6.07, 6.45) is 4.53. The summed E-state index contributed by atoms with van der Waals surface area (Å²) in [5.74, 6) is -1.04. The van der Waals surface area contributed by atoms with Gasteiger partial charge in [0.25, 0.3) is 0 Å². The molecule has 34 heavy (non-hydrogen) atoms. The third-order valence-corrected chi connectivity index (χ3v) is 5.97. The topological polar surface area (TPSA) is 139 Å². The minimum Gasteiger partial charge on any atom is -0.489 e. The SMILES string of the molecule is CC1(C)OC[C@@H](COc2ccc(NC(=O)N3c4nc(C(=O)O)ncc4N4CCC[C@H]3C4)nc2)O1. The molecule has 2 aromatic rings. The Balaban J connectivity index is 1.28. The van der Waals surface area contributed by atoms with Crippen LogP contribution < -0.4 is 19.9 Å². The number of pyridine rings is 1. The number of piperidine rings is 1. The lowest BCUT2D eigenvalue weighted by atomic mass is 10.0. The van der Waals surface area contributed by atoms with Gasteiger partial charge in [0.1, 0.15) is 24.3 Å². The Morgan fingerprint density at radius 2 is 2.15 bits per heavy atom. The van der Waals surface area contributed by atoms with Crippen molar-refractivity contribution < 1.29 is 28.9 Å². The molecule has 12 heteroatoms. The van der Waals surface area contributed by atoms with Crippen molar-refractivity contribution in [2.45, 2.75) is 44.6 Å². The number of nitrogens with zero attached hydrogens (tertiary/aromatic N) is 5. The van der Waals surface area contributed by atoms with Crippen molar-refractivity contribution in [2.24, 2.45) is 0 Å². The molecule has 2 aromatic heterocycles. The summed E-state index contributed by atoms with van der Waals surface area (Å²) in [6.45, 7) is 5.94. The highest BCUT2D eigenvalue weighted by molar-refractivity contribution is 6.04. The Bertz CT molecular complexity index is 1090. The maximum absolute atomic E-state index is 13.2. The van der Waals surface area contributed by atoms with Gasteiger partial charge in [-0.05, 0) is 38.8 Å². The van der Waals surface area contributed by atoms with Crippen molar-refractivity contribution in [1.29, 1.82) is 0 Å². The number of aromatic carboxylic acids is 1. The lowest BCUT2D eigenvalue weighted by Gasteiger charge is -2.45. The minimum atomic E-state index is -1.25. The second-order valence-electron chi connectivity index (χ2n) is 8.89. The lowest BCUT2D eigenvalue weighted by Crippen LogP contribution is -2.56. The highest BCUT2D eigenvalue weighted by Crippen LogP contribution is 2.37. The maximum atomic E-state index is 13.2. The zero-order valence-corrected chi connectivity index (χ0v) is 18.9. The van der Waals surface area contributed by atoms with Crippen molar-refractivity contribution >= 4 is 29.3 Å². The van der Waals surface area contributed by atoms with Crippen molar-refractivity contribution in [3.8, 4) is 5.75 Å². The highest BCUT2D eigenvalue weighted by Gasteiger charge is 2.39. The maximum Gasteiger partial charge on any atom is 0.374 e. The third-order valence-electron chi connectivity index (χ3n) is 5.97. The van der Waals surface area contributed by atoms with Crippen molar-refractivity contribution in [1.82, 2.24) is 15.0 Å². The number of hydrogen-bond donors (Lipinski definition) is 2. The molecule has 12 nitrogen and oxygen atoms in total. The number of rotatable bonds is 5. The van der Waals surface area contributed by atoms with Crippen LogP contribution in [-0.4, -0.2) is 76.3 Å². The number of fused-ring (bicyclic) bond motifs is 4. The summed E-state index contributed by atoms with van der Waals surface area (Å²) in [6, 6.07) is 2.80. The number of anilines is 3. The van der Waals surface area contributed by atoms with Gasteiger partial charge in [-0.2, -0.15) is 0 Å². The summed E-state index contributed by atoms with van der Waals surface area (Å²) >= 11 is 0. The van der Waals surface area contributed by atoms with Gasteiger partial charge in [0.2, 0.25) is 5.82 Å². The van der Waals surface area contributed by atoms with Crippen LogP contribution in [0.5, 0.6) is 5.75 Å². The first-order valence-electron chi connectivity index (χ1n) is 11.2. The van der Waals surface area contributed by atoms with Crippen LogP contribution in [0.1, 0.15) is 37.3 Å². The summed E-state index contributed by atoms with van der Waals surface area (Å²) < 4.78 is 17.0. The molecule has 3 aliphatic rings. The zero-order valence-electron chi connectivity index (χ0n) is 18.9. The van der Waals surface area contributed by atoms with Gasteiger partial charge in [0.15, 0.2) is 11.6 Å². The molecule has 180 valence electrons. The number of carbonyl (C=O) groups excluding carboxylic acids is 1. The summed E-state index contributed by atoms with van der Waals surface area (Å²) in [5, 5.41) is 12.1. The largest absolute Gasteiger partial charge is 0.489 e. The Hall–Kier alpha value is -3.51. The number of nitrogens with one attached hydrogen (secondary N) is 1. The van der Waals surface area contributed by atoms with Gasteiger partial charge in [-0.3, -0.25) is 10.2 Å². The van der Waals surface area contributed by atoms with Gasteiger partial charge in [-0.25, -0.2) is 24.5 Å². The Morgan fingerprint density at radius 3 is 2.85 bits per heavy atom. The van der Waals surface area contributed by atoms with Crippen LogP contribution in [0, 0.1) is 0 Å². The van der Waals surface area contributed by atoms with Crippen molar-refractivity contribution in [2.75, 3.05) is 41.4 Å². The average molecular weight is 470 g/mol. The number of ether oxygens (including phenoxy) is 3. The molecular formula is C22H26N6O6. The fraction of sp³-hybridized carbons (Fsp3) is 0.500. The third kappa shape index (κ3) is 4.46. The molecule has 5 heterocycles. The fourth-order valence-corrected chi connectivity index (χ4v) is 4.43. The number of aromatic nitrogens is 3. The van der Waals surface area contributed by atoms with E-state index in [1.807, 2.05) is 13.8 Å².